The van der Waals surface area contributed by atoms with E-state index in [1.54, 1.807) is 0 Å². The van der Waals surface area contributed by atoms with E-state index in [1.807, 2.05) is 0 Å². The molecule has 3 aromatic rings. The van der Waals surface area contributed by atoms with Crippen LogP contribution in [0.25, 0.3) is 22.3 Å². The molecule has 1 aromatic heterocycles. The van der Waals surface area contributed by atoms with Crippen molar-refractivity contribution >= 4 is 11.0 Å². The van der Waals surface area contributed by atoms with Crippen LogP contribution in [0.3, 0.4) is 0 Å². The van der Waals surface area contributed by atoms with Crippen molar-refractivity contribution < 1.29 is 94.5 Å². The molecule has 0 bridgehead atoms. The standard InChI is InChI=1S/C32H38O20/c33-10-3-1-9(2-4-10)26-27(19(38)16-12(35)7-11(34)8-15(16)47-26)50-32-28(51-31-25(44)21(40)24(43)30(46)52-31)22(41)18(37)14(49-32)6-5-13-17(36)20(39)23(42)29(45)48-13/h1-4,7-8,13-14,17-18,20-25,28-37,39-46H,5-6H2/t13-,14?,17?,18-,20?,21?,22?,23+,24+,25?,28?,29?,30?,31+,32-/m0/s1. The summed E-state index contributed by atoms with van der Waals surface area (Å²) in [6.07, 6.45) is -28.6. The second kappa shape index (κ2) is 15.0. The molecule has 3 aliphatic rings. The summed E-state index contributed by atoms with van der Waals surface area (Å²) >= 11 is 0. The Bertz CT molecular complexity index is 1770. The van der Waals surface area contributed by atoms with Crippen LogP contribution in [-0.2, 0) is 18.9 Å². The Morgan fingerprint density at radius 3 is 1.83 bits per heavy atom. The van der Waals surface area contributed by atoms with E-state index in [1.165, 1.54) is 24.3 Å². The topological polar surface area (TPSA) is 339 Å². The maximum Gasteiger partial charge on any atom is 0.239 e. The SMILES string of the molecule is O=c1c(O[C@@H]2OC(CC[C@@H]3OC(O)[C@H](O)C(O)C3O)[C@H](O)C(O)C2O[C@@H]2OC(O)[C@H](O)C(O)C2O)c(-c2ccc(O)cc2)oc2cc(O)cc(O)c12. The number of hydrogen-bond donors (Lipinski definition) is 13. The largest absolute Gasteiger partial charge is 0.508 e. The number of aliphatic hydroxyl groups excluding tert-OH is 10. The smallest absolute Gasteiger partial charge is 0.239 e. The van der Waals surface area contributed by atoms with Crippen molar-refractivity contribution in [3.8, 4) is 34.3 Å². The molecule has 20 heteroatoms. The Hall–Kier alpha value is -3.71. The summed E-state index contributed by atoms with van der Waals surface area (Å²) in [6.45, 7) is 0. The zero-order valence-corrected chi connectivity index (χ0v) is 26.7. The molecule has 9 unspecified atom stereocenters. The zero-order valence-electron chi connectivity index (χ0n) is 26.7. The van der Waals surface area contributed by atoms with Crippen molar-refractivity contribution in [3.05, 3.63) is 46.6 Å². The predicted octanol–water partition coefficient (Wildman–Crippen LogP) is -3.87. The van der Waals surface area contributed by atoms with Crippen LogP contribution >= 0.6 is 0 Å². The van der Waals surface area contributed by atoms with Crippen molar-refractivity contribution in [2.24, 2.45) is 0 Å². The molecule has 3 fully saturated rings. The van der Waals surface area contributed by atoms with E-state index < -0.39 is 120 Å². The van der Waals surface area contributed by atoms with Crippen LogP contribution < -0.4 is 10.2 Å². The van der Waals surface area contributed by atoms with Gasteiger partial charge >= 0.3 is 0 Å². The maximum absolute atomic E-state index is 14.0. The maximum atomic E-state index is 14.0. The lowest BCUT2D eigenvalue weighted by Crippen LogP contribution is -2.64. The van der Waals surface area contributed by atoms with Gasteiger partial charge in [-0.3, -0.25) is 4.79 Å². The van der Waals surface area contributed by atoms with Crippen LogP contribution in [0, 0.1) is 0 Å². The molecule has 4 heterocycles. The van der Waals surface area contributed by atoms with Crippen molar-refractivity contribution in [1.82, 2.24) is 0 Å². The van der Waals surface area contributed by atoms with Gasteiger partial charge in [0, 0.05) is 17.7 Å². The fourth-order valence-corrected chi connectivity index (χ4v) is 6.27. The van der Waals surface area contributed by atoms with Crippen LogP contribution in [0.1, 0.15) is 12.8 Å². The monoisotopic (exact) mass is 742 g/mol. The van der Waals surface area contributed by atoms with Crippen molar-refractivity contribution in [1.29, 1.82) is 0 Å². The van der Waals surface area contributed by atoms with Crippen LogP contribution in [0.2, 0.25) is 0 Å². The van der Waals surface area contributed by atoms with Gasteiger partial charge in [0.2, 0.25) is 17.5 Å². The second-order valence-electron chi connectivity index (χ2n) is 12.7. The minimum atomic E-state index is -2.10. The predicted molar refractivity (Wildman–Crippen MR) is 166 cm³/mol. The van der Waals surface area contributed by atoms with Gasteiger partial charge in [-0.25, -0.2) is 0 Å². The van der Waals surface area contributed by atoms with E-state index in [2.05, 4.69) is 0 Å². The lowest BCUT2D eigenvalue weighted by atomic mass is 9.91. The van der Waals surface area contributed by atoms with Crippen molar-refractivity contribution in [2.45, 2.75) is 105 Å². The lowest BCUT2D eigenvalue weighted by molar-refractivity contribution is -0.378. The van der Waals surface area contributed by atoms with Crippen LogP contribution in [0.15, 0.2) is 45.6 Å². The van der Waals surface area contributed by atoms with Gasteiger partial charge < -0.3 is 94.5 Å². The van der Waals surface area contributed by atoms with E-state index in [-0.39, 0.29) is 35.5 Å². The molecule has 0 radical (unpaired) electrons. The number of benzene rings is 2. The molecule has 52 heavy (non-hydrogen) atoms. The Labute approximate surface area is 291 Å². The highest BCUT2D eigenvalue weighted by Crippen LogP contribution is 2.39. The molecule has 15 atom stereocenters. The molecular weight excluding hydrogens is 704 g/mol. The van der Waals surface area contributed by atoms with Gasteiger partial charge in [-0.2, -0.15) is 0 Å². The number of phenolic OH excluding ortho intramolecular Hbond substituents is 3. The minimum absolute atomic E-state index is 0.106. The van der Waals surface area contributed by atoms with E-state index in [0.29, 0.717) is 0 Å². The molecule has 3 saturated heterocycles. The number of hydrogen-bond acceptors (Lipinski definition) is 20. The fraction of sp³-hybridized carbons (Fsp3) is 0.531. The highest BCUT2D eigenvalue weighted by atomic mass is 16.8. The van der Waals surface area contributed by atoms with Gasteiger partial charge in [0.05, 0.1) is 12.2 Å². The summed E-state index contributed by atoms with van der Waals surface area (Å²) in [6, 6.07) is 7.01. The normalized spacial score (nSPS) is 38.3. The summed E-state index contributed by atoms with van der Waals surface area (Å²) in [4.78, 5) is 14.0. The highest BCUT2D eigenvalue weighted by molar-refractivity contribution is 5.88. The molecule has 13 N–H and O–H groups in total. The second-order valence-corrected chi connectivity index (χ2v) is 12.7. The van der Waals surface area contributed by atoms with Crippen LogP contribution in [0.5, 0.6) is 23.0 Å². The van der Waals surface area contributed by atoms with Crippen molar-refractivity contribution in [3.63, 3.8) is 0 Å². The summed E-state index contributed by atoms with van der Waals surface area (Å²) in [5.74, 6) is -2.42. The Morgan fingerprint density at radius 2 is 1.17 bits per heavy atom. The molecule has 2 aromatic carbocycles. The molecule has 6 rings (SSSR count). The lowest BCUT2D eigenvalue weighted by Gasteiger charge is -2.46. The third-order valence-corrected chi connectivity index (χ3v) is 9.18. The molecule has 20 nitrogen and oxygen atoms in total. The number of phenols is 3. The van der Waals surface area contributed by atoms with E-state index in [4.69, 9.17) is 28.1 Å². The molecule has 0 spiro atoms. The third kappa shape index (κ3) is 7.14. The summed E-state index contributed by atoms with van der Waals surface area (Å²) in [7, 11) is 0. The summed E-state index contributed by atoms with van der Waals surface area (Å²) < 4.78 is 33.8. The first-order valence-corrected chi connectivity index (χ1v) is 16.0. The van der Waals surface area contributed by atoms with E-state index in [9.17, 15) is 71.2 Å². The van der Waals surface area contributed by atoms with Crippen molar-refractivity contribution in [2.75, 3.05) is 0 Å². The van der Waals surface area contributed by atoms with Gasteiger partial charge in [0.1, 0.15) is 77.0 Å². The first kappa shape index (κ1) is 38.0. The number of aromatic hydroxyl groups is 3. The summed E-state index contributed by atoms with van der Waals surface area (Å²) in [5.41, 5.74) is -1.25. The minimum Gasteiger partial charge on any atom is -0.508 e. The van der Waals surface area contributed by atoms with Gasteiger partial charge in [0.15, 0.2) is 30.7 Å². The third-order valence-electron chi connectivity index (χ3n) is 9.18. The number of ether oxygens (including phenoxy) is 5. The molecule has 3 aliphatic heterocycles. The number of aliphatic hydroxyl groups is 10. The van der Waals surface area contributed by atoms with Gasteiger partial charge in [-0.1, -0.05) is 0 Å². The van der Waals surface area contributed by atoms with E-state index in [0.717, 1.165) is 12.1 Å². The highest BCUT2D eigenvalue weighted by Gasteiger charge is 2.52. The molecule has 0 saturated carbocycles. The Kier molecular flexibility index (Phi) is 10.9. The number of rotatable bonds is 8. The van der Waals surface area contributed by atoms with Gasteiger partial charge in [-0.15, -0.1) is 0 Å². The molecule has 0 aliphatic carbocycles. The zero-order chi connectivity index (χ0) is 37.8. The van der Waals surface area contributed by atoms with E-state index >= 15 is 0 Å². The average Bonchev–Trinajstić information content (AvgIpc) is 3.10. The average molecular weight is 743 g/mol. The Balaban J connectivity index is 1.38. The van der Waals surface area contributed by atoms with Crippen LogP contribution in [0.4, 0.5) is 0 Å². The first-order chi connectivity index (χ1) is 24.6. The molecule has 0 amide bonds. The quantitative estimate of drug-likeness (QED) is 0.105. The first-order valence-electron chi connectivity index (χ1n) is 16.0. The fourth-order valence-electron chi connectivity index (χ4n) is 6.27. The van der Waals surface area contributed by atoms with Gasteiger partial charge in [0.25, 0.3) is 0 Å². The van der Waals surface area contributed by atoms with Crippen LogP contribution in [-0.4, -0.2) is 159 Å². The Morgan fingerprint density at radius 1 is 0.596 bits per heavy atom. The number of fused-ring (bicyclic) bond motifs is 1. The molecular formula is C32H38O20. The summed E-state index contributed by atoms with van der Waals surface area (Å²) in [5, 5.41) is 134. The molecule has 286 valence electrons. The van der Waals surface area contributed by atoms with Gasteiger partial charge in [-0.05, 0) is 37.1 Å².